The summed E-state index contributed by atoms with van der Waals surface area (Å²) in [6, 6.07) is 7.59. The minimum Gasteiger partial charge on any atom is -0.344 e. The van der Waals surface area contributed by atoms with Crippen LogP contribution in [0, 0.1) is 17.1 Å². The summed E-state index contributed by atoms with van der Waals surface area (Å²) in [6.45, 7) is 0.282. The van der Waals surface area contributed by atoms with E-state index >= 15 is 0 Å². The number of nitriles is 1. The molecule has 0 radical (unpaired) electrons. The molecule has 6 heteroatoms. The van der Waals surface area contributed by atoms with E-state index in [-0.39, 0.29) is 29.5 Å². The van der Waals surface area contributed by atoms with Crippen molar-refractivity contribution in [2.45, 2.75) is 11.3 Å². The van der Waals surface area contributed by atoms with Crippen LogP contribution in [0.1, 0.15) is 6.42 Å². The lowest BCUT2D eigenvalue weighted by atomic mass is 10.3. The van der Waals surface area contributed by atoms with Gasteiger partial charge >= 0.3 is 0 Å². The second-order valence-electron chi connectivity index (χ2n) is 3.64. The molecule has 1 aromatic rings. The third-order valence-electron chi connectivity index (χ3n) is 2.32. The Kier molecular flexibility index (Phi) is 5.46. The SMILES string of the molecule is CN(CCC#N)C(=O)CS(=O)c1ccccc1F. The Hall–Kier alpha value is -1.74. The second-order valence-corrected chi connectivity index (χ2v) is 5.06. The fraction of sp³-hybridized carbons (Fsp3) is 0.333. The monoisotopic (exact) mass is 268 g/mol. The van der Waals surface area contributed by atoms with Crippen molar-refractivity contribution < 1.29 is 13.4 Å². The molecule has 0 bridgehead atoms. The number of halogens is 1. The number of hydrogen-bond acceptors (Lipinski definition) is 3. The first-order chi connectivity index (χ1) is 8.56. The molecular formula is C12H13FN2O2S. The molecule has 0 saturated heterocycles. The van der Waals surface area contributed by atoms with Crippen LogP contribution in [-0.4, -0.2) is 34.4 Å². The molecular weight excluding hydrogens is 255 g/mol. The van der Waals surface area contributed by atoms with Gasteiger partial charge in [0.15, 0.2) is 0 Å². The number of hydrogen-bond donors (Lipinski definition) is 0. The molecule has 1 atom stereocenters. The summed E-state index contributed by atoms with van der Waals surface area (Å²) in [7, 11) is -0.174. The highest BCUT2D eigenvalue weighted by Gasteiger charge is 2.16. The molecule has 1 amide bonds. The van der Waals surface area contributed by atoms with Gasteiger partial charge in [-0.05, 0) is 12.1 Å². The van der Waals surface area contributed by atoms with Crippen molar-refractivity contribution in [3.05, 3.63) is 30.1 Å². The molecule has 0 heterocycles. The highest BCUT2D eigenvalue weighted by Crippen LogP contribution is 2.12. The lowest BCUT2D eigenvalue weighted by Crippen LogP contribution is -2.31. The minimum atomic E-state index is -1.70. The molecule has 0 fully saturated rings. The molecule has 96 valence electrons. The Morgan fingerprint density at radius 3 is 2.78 bits per heavy atom. The number of nitrogens with zero attached hydrogens (tertiary/aromatic N) is 2. The molecule has 1 unspecified atom stereocenters. The van der Waals surface area contributed by atoms with Gasteiger partial charge in [-0.2, -0.15) is 5.26 Å². The van der Waals surface area contributed by atoms with Crippen molar-refractivity contribution in [2.24, 2.45) is 0 Å². The lowest BCUT2D eigenvalue weighted by molar-refractivity contribution is -0.127. The van der Waals surface area contributed by atoms with Crippen LogP contribution in [0.15, 0.2) is 29.2 Å². The van der Waals surface area contributed by atoms with Crippen LogP contribution in [0.5, 0.6) is 0 Å². The highest BCUT2D eigenvalue weighted by atomic mass is 32.2. The van der Waals surface area contributed by atoms with Gasteiger partial charge in [-0.3, -0.25) is 9.00 Å². The predicted molar refractivity (Wildman–Crippen MR) is 65.5 cm³/mol. The maximum absolute atomic E-state index is 13.3. The predicted octanol–water partition coefficient (Wildman–Crippen LogP) is 1.31. The Balaban J connectivity index is 2.63. The minimum absolute atomic E-state index is 0.0273. The standard InChI is InChI=1S/C12H13FN2O2S/c1-15(8-4-7-14)12(16)9-18(17)11-6-3-2-5-10(11)13/h2-3,5-6H,4,8-9H2,1H3. The average molecular weight is 268 g/mol. The van der Waals surface area contributed by atoms with Gasteiger partial charge in [0, 0.05) is 13.6 Å². The maximum Gasteiger partial charge on any atom is 0.235 e. The van der Waals surface area contributed by atoms with Crippen molar-refractivity contribution in [3.63, 3.8) is 0 Å². The zero-order valence-corrected chi connectivity index (χ0v) is 10.7. The van der Waals surface area contributed by atoms with E-state index in [1.165, 1.54) is 30.1 Å². The fourth-order valence-electron chi connectivity index (χ4n) is 1.27. The number of carbonyl (C=O) groups is 1. The number of rotatable bonds is 5. The van der Waals surface area contributed by atoms with Gasteiger partial charge in [-0.1, -0.05) is 12.1 Å². The first kappa shape index (κ1) is 14.3. The van der Waals surface area contributed by atoms with Gasteiger partial charge in [0.05, 0.1) is 28.2 Å². The van der Waals surface area contributed by atoms with Gasteiger partial charge < -0.3 is 4.90 Å². The Bertz CT molecular complexity index is 499. The van der Waals surface area contributed by atoms with Crippen molar-refractivity contribution in [1.29, 1.82) is 5.26 Å². The van der Waals surface area contributed by atoms with Gasteiger partial charge in [0.2, 0.25) is 5.91 Å². The van der Waals surface area contributed by atoms with Gasteiger partial charge in [-0.15, -0.1) is 0 Å². The summed E-state index contributed by atoms with van der Waals surface area (Å²) in [5.74, 6) is -1.22. The van der Waals surface area contributed by atoms with Gasteiger partial charge in [-0.25, -0.2) is 4.39 Å². The normalized spacial score (nSPS) is 11.6. The van der Waals surface area contributed by atoms with Crippen LogP contribution in [0.2, 0.25) is 0 Å². The van der Waals surface area contributed by atoms with Crippen molar-refractivity contribution >= 4 is 16.7 Å². The van der Waals surface area contributed by atoms with Crippen LogP contribution in [0.4, 0.5) is 4.39 Å². The smallest absolute Gasteiger partial charge is 0.235 e. The number of amides is 1. The largest absolute Gasteiger partial charge is 0.344 e. The summed E-state index contributed by atoms with van der Waals surface area (Å²) >= 11 is 0. The van der Waals surface area contributed by atoms with E-state index in [1.54, 1.807) is 6.07 Å². The van der Waals surface area contributed by atoms with Crippen molar-refractivity contribution in [2.75, 3.05) is 19.3 Å². The van der Waals surface area contributed by atoms with Crippen molar-refractivity contribution in [1.82, 2.24) is 4.90 Å². The van der Waals surface area contributed by atoms with E-state index in [0.29, 0.717) is 0 Å². The van der Waals surface area contributed by atoms with Crippen molar-refractivity contribution in [3.8, 4) is 6.07 Å². The molecule has 1 rings (SSSR count). The Morgan fingerprint density at radius 1 is 1.50 bits per heavy atom. The Labute approximate surface area is 107 Å². The summed E-state index contributed by atoms with van der Waals surface area (Å²) < 4.78 is 25.1. The molecule has 0 spiro atoms. The molecule has 0 N–H and O–H groups in total. The number of carbonyl (C=O) groups excluding carboxylic acids is 1. The zero-order valence-electron chi connectivity index (χ0n) is 9.93. The summed E-state index contributed by atoms with van der Waals surface area (Å²) in [5.41, 5.74) is 0. The molecule has 0 aliphatic rings. The van der Waals surface area contributed by atoms with Crippen LogP contribution in [-0.2, 0) is 15.6 Å². The van der Waals surface area contributed by atoms with E-state index in [2.05, 4.69) is 0 Å². The van der Waals surface area contributed by atoms with Crippen LogP contribution >= 0.6 is 0 Å². The van der Waals surface area contributed by atoms with Gasteiger partial charge in [0.25, 0.3) is 0 Å². The van der Waals surface area contributed by atoms with E-state index < -0.39 is 16.6 Å². The lowest BCUT2D eigenvalue weighted by Gasteiger charge is -2.15. The second kappa shape index (κ2) is 6.87. The summed E-state index contributed by atoms with van der Waals surface area (Å²) in [4.78, 5) is 13.0. The summed E-state index contributed by atoms with van der Waals surface area (Å²) in [5, 5.41) is 8.40. The van der Waals surface area contributed by atoms with Crippen LogP contribution in [0.25, 0.3) is 0 Å². The number of benzene rings is 1. The highest BCUT2D eigenvalue weighted by molar-refractivity contribution is 7.85. The maximum atomic E-state index is 13.3. The molecule has 1 aromatic carbocycles. The quantitative estimate of drug-likeness (QED) is 0.808. The zero-order chi connectivity index (χ0) is 13.5. The summed E-state index contributed by atoms with van der Waals surface area (Å²) in [6.07, 6.45) is 0.217. The third kappa shape index (κ3) is 3.93. The first-order valence-electron chi connectivity index (χ1n) is 5.30. The molecule has 0 saturated carbocycles. The van der Waals surface area contributed by atoms with E-state index in [0.717, 1.165) is 0 Å². The molecule has 4 nitrogen and oxygen atoms in total. The molecule has 0 aliphatic carbocycles. The van der Waals surface area contributed by atoms with E-state index in [4.69, 9.17) is 5.26 Å². The molecule has 18 heavy (non-hydrogen) atoms. The first-order valence-corrected chi connectivity index (χ1v) is 6.62. The molecule has 0 aromatic heterocycles. The molecule has 0 aliphatic heterocycles. The van der Waals surface area contributed by atoms with Crippen LogP contribution in [0.3, 0.4) is 0 Å². The fourth-order valence-corrected chi connectivity index (χ4v) is 2.39. The average Bonchev–Trinajstić information content (AvgIpc) is 2.36. The van der Waals surface area contributed by atoms with E-state index in [1.807, 2.05) is 6.07 Å². The van der Waals surface area contributed by atoms with Crippen LogP contribution < -0.4 is 0 Å². The topological polar surface area (TPSA) is 61.2 Å². The third-order valence-corrected chi connectivity index (χ3v) is 3.65. The Morgan fingerprint density at radius 2 is 2.17 bits per heavy atom. The van der Waals surface area contributed by atoms with Gasteiger partial charge in [0.1, 0.15) is 11.6 Å². The van der Waals surface area contributed by atoms with E-state index in [9.17, 15) is 13.4 Å².